The van der Waals surface area contributed by atoms with Crippen LogP contribution >= 0.6 is 0 Å². The highest BCUT2D eigenvalue weighted by atomic mass is 19.1. The topological polar surface area (TPSA) is 9.23 Å². The highest BCUT2D eigenvalue weighted by Gasteiger charge is 2.35. The van der Waals surface area contributed by atoms with E-state index < -0.39 is 11.6 Å². The molecule has 150 valence electrons. The SMILES string of the molecule is C=CCOc1c(F)cc2cc(C3CCC4CC(CC)CCC4C3)ccc2c1F. The first-order valence-electron chi connectivity index (χ1n) is 10.8. The normalized spacial score (nSPS) is 27.4. The van der Waals surface area contributed by atoms with Gasteiger partial charge in [0.15, 0.2) is 17.4 Å². The van der Waals surface area contributed by atoms with Gasteiger partial charge in [0.2, 0.25) is 0 Å². The van der Waals surface area contributed by atoms with Gasteiger partial charge < -0.3 is 4.74 Å². The maximum atomic E-state index is 14.7. The molecule has 0 spiro atoms. The Morgan fingerprint density at radius 2 is 1.86 bits per heavy atom. The van der Waals surface area contributed by atoms with Gasteiger partial charge in [-0.05, 0) is 72.8 Å². The summed E-state index contributed by atoms with van der Waals surface area (Å²) in [6.45, 7) is 5.93. The summed E-state index contributed by atoms with van der Waals surface area (Å²) in [5.41, 5.74) is 1.22. The molecule has 0 saturated heterocycles. The molecule has 0 bridgehead atoms. The standard InChI is InChI=1S/C25H30F2O/c1-3-11-28-25-23(26)15-21-14-20(9-10-22(21)24(25)27)19-8-7-17-12-16(4-2)5-6-18(17)13-19/h3,9-10,14-19H,1,4-8,11-13H2,2H3. The molecule has 0 radical (unpaired) electrons. The predicted octanol–water partition coefficient (Wildman–Crippen LogP) is 7.39. The number of halogens is 2. The van der Waals surface area contributed by atoms with Crippen molar-refractivity contribution >= 4 is 10.8 Å². The molecule has 0 aliphatic heterocycles. The Kier molecular flexibility index (Phi) is 5.70. The Morgan fingerprint density at radius 3 is 2.64 bits per heavy atom. The zero-order valence-electron chi connectivity index (χ0n) is 16.7. The third kappa shape index (κ3) is 3.68. The van der Waals surface area contributed by atoms with Crippen molar-refractivity contribution < 1.29 is 13.5 Å². The zero-order chi connectivity index (χ0) is 19.7. The summed E-state index contributed by atoms with van der Waals surface area (Å²) in [6, 6.07) is 7.21. The molecule has 2 aromatic rings. The van der Waals surface area contributed by atoms with Gasteiger partial charge in [0.1, 0.15) is 6.61 Å². The number of fused-ring (bicyclic) bond motifs is 2. The summed E-state index contributed by atoms with van der Waals surface area (Å²) < 4.78 is 34.3. The van der Waals surface area contributed by atoms with Crippen molar-refractivity contribution in [3.63, 3.8) is 0 Å². The van der Waals surface area contributed by atoms with Crippen LogP contribution in [0.3, 0.4) is 0 Å². The monoisotopic (exact) mass is 384 g/mol. The van der Waals surface area contributed by atoms with Crippen LogP contribution in [0.5, 0.6) is 5.75 Å². The lowest BCUT2D eigenvalue weighted by Crippen LogP contribution is -2.30. The van der Waals surface area contributed by atoms with E-state index in [2.05, 4.69) is 13.5 Å². The van der Waals surface area contributed by atoms with Crippen LogP contribution in [-0.4, -0.2) is 6.61 Å². The number of hydrogen-bond acceptors (Lipinski definition) is 1. The molecule has 2 saturated carbocycles. The third-order valence-electron chi connectivity index (χ3n) is 7.13. The molecule has 2 aliphatic rings. The molecule has 2 aliphatic carbocycles. The van der Waals surface area contributed by atoms with Crippen molar-refractivity contribution in [3.05, 3.63) is 54.1 Å². The second-order valence-corrected chi connectivity index (χ2v) is 8.70. The highest BCUT2D eigenvalue weighted by Crippen LogP contribution is 2.48. The zero-order valence-corrected chi connectivity index (χ0v) is 16.7. The Morgan fingerprint density at radius 1 is 1.07 bits per heavy atom. The van der Waals surface area contributed by atoms with Crippen LogP contribution < -0.4 is 4.74 Å². The van der Waals surface area contributed by atoms with E-state index in [0.717, 1.165) is 17.8 Å². The average molecular weight is 385 g/mol. The molecule has 2 aromatic carbocycles. The van der Waals surface area contributed by atoms with Gasteiger partial charge in [-0.25, -0.2) is 8.78 Å². The smallest absolute Gasteiger partial charge is 0.191 e. The Bertz CT molecular complexity index is 859. The van der Waals surface area contributed by atoms with Gasteiger partial charge in [0.25, 0.3) is 0 Å². The second kappa shape index (κ2) is 8.23. The second-order valence-electron chi connectivity index (χ2n) is 8.70. The van der Waals surface area contributed by atoms with Crippen LogP contribution in [0.2, 0.25) is 0 Å². The predicted molar refractivity (Wildman–Crippen MR) is 111 cm³/mol. The molecule has 4 atom stereocenters. The largest absolute Gasteiger partial charge is 0.483 e. The van der Waals surface area contributed by atoms with Crippen molar-refractivity contribution in [2.45, 2.75) is 57.8 Å². The molecular formula is C25H30F2O. The van der Waals surface area contributed by atoms with Crippen molar-refractivity contribution in [1.29, 1.82) is 0 Å². The van der Waals surface area contributed by atoms with Gasteiger partial charge in [0, 0.05) is 5.39 Å². The van der Waals surface area contributed by atoms with E-state index >= 15 is 0 Å². The molecule has 1 nitrogen and oxygen atoms in total. The fourth-order valence-corrected chi connectivity index (χ4v) is 5.52. The molecular weight excluding hydrogens is 354 g/mol. The van der Waals surface area contributed by atoms with Crippen molar-refractivity contribution in [2.24, 2.45) is 17.8 Å². The molecule has 0 heterocycles. The van der Waals surface area contributed by atoms with Crippen LogP contribution in [0, 0.1) is 29.4 Å². The van der Waals surface area contributed by atoms with Crippen LogP contribution in [0.4, 0.5) is 8.78 Å². The third-order valence-corrected chi connectivity index (χ3v) is 7.13. The first-order chi connectivity index (χ1) is 13.6. The lowest BCUT2D eigenvalue weighted by molar-refractivity contribution is 0.116. The molecule has 3 heteroatoms. The summed E-state index contributed by atoms with van der Waals surface area (Å²) in [4.78, 5) is 0. The summed E-state index contributed by atoms with van der Waals surface area (Å²) in [5, 5.41) is 1.04. The van der Waals surface area contributed by atoms with Gasteiger partial charge in [0.05, 0.1) is 0 Å². The lowest BCUT2D eigenvalue weighted by Gasteiger charge is -2.42. The van der Waals surface area contributed by atoms with Gasteiger partial charge in [-0.1, -0.05) is 50.6 Å². The first-order valence-corrected chi connectivity index (χ1v) is 10.8. The van der Waals surface area contributed by atoms with E-state index in [4.69, 9.17) is 4.74 Å². The Labute approximate surface area is 166 Å². The summed E-state index contributed by atoms with van der Waals surface area (Å²) in [7, 11) is 0. The van der Waals surface area contributed by atoms with E-state index in [9.17, 15) is 8.78 Å². The van der Waals surface area contributed by atoms with E-state index in [1.165, 1.54) is 62.7 Å². The van der Waals surface area contributed by atoms with E-state index in [1.54, 1.807) is 6.07 Å². The van der Waals surface area contributed by atoms with Crippen molar-refractivity contribution in [2.75, 3.05) is 6.61 Å². The summed E-state index contributed by atoms with van der Waals surface area (Å²) in [6.07, 6.45) is 10.6. The number of hydrogen-bond donors (Lipinski definition) is 0. The van der Waals surface area contributed by atoms with Crippen LogP contribution in [0.1, 0.15) is 63.4 Å². The molecule has 0 amide bonds. The van der Waals surface area contributed by atoms with E-state index in [0.29, 0.717) is 16.7 Å². The van der Waals surface area contributed by atoms with Gasteiger partial charge in [-0.15, -0.1) is 0 Å². The minimum Gasteiger partial charge on any atom is -0.483 e. The molecule has 0 N–H and O–H groups in total. The first kappa shape index (κ1) is 19.4. The van der Waals surface area contributed by atoms with Crippen LogP contribution in [0.15, 0.2) is 36.9 Å². The molecule has 0 aromatic heterocycles. The molecule has 4 unspecified atom stereocenters. The summed E-state index contributed by atoms with van der Waals surface area (Å²) in [5.74, 6) is 1.55. The van der Waals surface area contributed by atoms with Gasteiger partial charge in [-0.3, -0.25) is 0 Å². The Hall–Kier alpha value is -1.90. The lowest BCUT2D eigenvalue weighted by atomic mass is 9.63. The quantitative estimate of drug-likeness (QED) is 0.488. The van der Waals surface area contributed by atoms with Crippen molar-refractivity contribution in [3.8, 4) is 5.75 Å². The average Bonchev–Trinajstić information content (AvgIpc) is 2.72. The Balaban J connectivity index is 1.56. The maximum absolute atomic E-state index is 14.7. The minimum atomic E-state index is -0.648. The van der Waals surface area contributed by atoms with Gasteiger partial charge >= 0.3 is 0 Å². The number of rotatable bonds is 5. The van der Waals surface area contributed by atoms with Crippen molar-refractivity contribution in [1.82, 2.24) is 0 Å². The van der Waals surface area contributed by atoms with E-state index in [1.807, 2.05) is 12.1 Å². The number of ether oxygens (including phenoxy) is 1. The summed E-state index contributed by atoms with van der Waals surface area (Å²) >= 11 is 0. The fraction of sp³-hybridized carbons (Fsp3) is 0.520. The molecule has 2 fully saturated rings. The van der Waals surface area contributed by atoms with Crippen LogP contribution in [0.25, 0.3) is 10.8 Å². The molecule has 4 rings (SSSR count). The van der Waals surface area contributed by atoms with Crippen LogP contribution in [-0.2, 0) is 0 Å². The number of benzene rings is 2. The minimum absolute atomic E-state index is 0.0843. The fourth-order valence-electron chi connectivity index (χ4n) is 5.52. The van der Waals surface area contributed by atoms with E-state index in [-0.39, 0.29) is 12.4 Å². The van der Waals surface area contributed by atoms with Gasteiger partial charge in [-0.2, -0.15) is 0 Å². The molecule has 28 heavy (non-hydrogen) atoms. The maximum Gasteiger partial charge on any atom is 0.191 e. The highest BCUT2D eigenvalue weighted by molar-refractivity contribution is 5.85.